The minimum Gasteiger partial charge on any atom is -0.434 e. The van der Waals surface area contributed by atoms with E-state index in [4.69, 9.17) is 9.47 Å². The van der Waals surface area contributed by atoms with Gasteiger partial charge in [-0.3, -0.25) is 0 Å². The molecule has 3 nitrogen and oxygen atoms in total. The first-order valence-electron chi connectivity index (χ1n) is 15.9. The Morgan fingerprint density at radius 1 is 0.417 bits per heavy atom. The van der Waals surface area contributed by atoms with Crippen LogP contribution in [0.3, 0.4) is 0 Å². The van der Waals surface area contributed by atoms with Gasteiger partial charge in [-0.2, -0.15) is 0 Å². The second kappa shape index (κ2) is 31.8. The van der Waals surface area contributed by atoms with Gasteiger partial charge in [0, 0.05) is 0 Å². The van der Waals surface area contributed by atoms with Crippen LogP contribution in [0.4, 0.5) is 4.79 Å². The quantitative estimate of drug-likeness (QED) is 0.0601. The van der Waals surface area contributed by atoms with E-state index in [1.165, 1.54) is 128 Å². The van der Waals surface area contributed by atoms with Crippen molar-refractivity contribution in [2.24, 2.45) is 0 Å². The van der Waals surface area contributed by atoms with E-state index in [1.54, 1.807) is 0 Å². The molecular weight excluding hydrogens is 444 g/mol. The summed E-state index contributed by atoms with van der Waals surface area (Å²) >= 11 is 0. The number of ether oxygens (including phenoxy) is 2. The molecule has 0 fully saturated rings. The predicted molar refractivity (Wildman–Crippen MR) is 158 cm³/mol. The SMILES string of the molecule is CCCC/C=C\CCCCCCCCOC(=O)OCCCCCCCC/C=C\CCCCCCCC. The predicted octanol–water partition coefficient (Wildman–Crippen LogP) is 11.7. The summed E-state index contributed by atoms with van der Waals surface area (Å²) in [6.07, 6.45) is 39.1. The summed E-state index contributed by atoms with van der Waals surface area (Å²) in [7, 11) is 0. The van der Waals surface area contributed by atoms with Crippen molar-refractivity contribution < 1.29 is 14.3 Å². The minimum atomic E-state index is -0.488. The highest BCUT2D eigenvalue weighted by molar-refractivity contribution is 5.59. The van der Waals surface area contributed by atoms with Gasteiger partial charge in [0.2, 0.25) is 0 Å². The van der Waals surface area contributed by atoms with Gasteiger partial charge in [0.1, 0.15) is 0 Å². The molecule has 0 atom stereocenters. The summed E-state index contributed by atoms with van der Waals surface area (Å²) in [5, 5.41) is 0. The van der Waals surface area contributed by atoms with Gasteiger partial charge in [-0.25, -0.2) is 4.79 Å². The molecule has 0 amide bonds. The molecule has 0 aliphatic carbocycles. The normalized spacial score (nSPS) is 11.6. The summed E-state index contributed by atoms with van der Waals surface area (Å²) in [6.45, 7) is 5.50. The second-order valence-electron chi connectivity index (χ2n) is 10.4. The molecule has 36 heavy (non-hydrogen) atoms. The monoisotopic (exact) mass is 506 g/mol. The van der Waals surface area contributed by atoms with Crippen molar-refractivity contribution in [3.8, 4) is 0 Å². The van der Waals surface area contributed by atoms with E-state index in [2.05, 4.69) is 38.2 Å². The summed E-state index contributed by atoms with van der Waals surface area (Å²) in [5.41, 5.74) is 0. The molecule has 0 spiro atoms. The fraction of sp³-hybridized carbons (Fsp3) is 0.848. The van der Waals surface area contributed by atoms with E-state index in [0.29, 0.717) is 13.2 Å². The van der Waals surface area contributed by atoms with Gasteiger partial charge in [0.05, 0.1) is 13.2 Å². The number of carbonyl (C=O) groups excluding carboxylic acids is 1. The van der Waals surface area contributed by atoms with E-state index in [1.807, 2.05) is 0 Å². The molecule has 0 aromatic rings. The van der Waals surface area contributed by atoms with Crippen molar-refractivity contribution in [2.75, 3.05) is 13.2 Å². The lowest BCUT2D eigenvalue weighted by molar-refractivity contribution is 0.0529. The molecule has 212 valence electrons. The van der Waals surface area contributed by atoms with E-state index < -0.39 is 6.16 Å². The van der Waals surface area contributed by atoms with Gasteiger partial charge in [-0.05, 0) is 57.8 Å². The highest BCUT2D eigenvalue weighted by atomic mass is 16.7. The molecule has 0 radical (unpaired) electrons. The molecule has 0 aliphatic heterocycles. The van der Waals surface area contributed by atoms with Crippen molar-refractivity contribution in [2.45, 2.75) is 168 Å². The van der Waals surface area contributed by atoms with Crippen LogP contribution in [0.25, 0.3) is 0 Å². The molecule has 0 unspecified atom stereocenters. The Labute approximate surface area is 225 Å². The van der Waals surface area contributed by atoms with Crippen LogP contribution in [0.15, 0.2) is 24.3 Å². The van der Waals surface area contributed by atoms with Gasteiger partial charge in [-0.15, -0.1) is 0 Å². The Balaban J connectivity index is 3.21. The minimum absolute atomic E-state index is 0.488. The molecule has 0 heterocycles. The molecule has 0 saturated heterocycles. The number of carbonyl (C=O) groups is 1. The number of rotatable bonds is 28. The summed E-state index contributed by atoms with van der Waals surface area (Å²) in [6, 6.07) is 0. The zero-order valence-corrected chi connectivity index (χ0v) is 24.4. The molecular formula is C33H62O3. The van der Waals surface area contributed by atoms with Crippen LogP contribution in [0, 0.1) is 0 Å². The highest BCUT2D eigenvalue weighted by Crippen LogP contribution is 2.11. The summed E-state index contributed by atoms with van der Waals surface area (Å²) in [4.78, 5) is 11.6. The van der Waals surface area contributed by atoms with Crippen LogP contribution in [-0.4, -0.2) is 19.4 Å². The van der Waals surface area contributed by atoms with Crippen LogP contribution >= 0.6 is 0 Å². The topological polar surface area (TPSA) is 35.5 Å². The van der Waals surface area contributed by atoms with Gasteiger partial charge in [0.15, 0.2) is 0 Å². The lowest BCUT2D eigenvalue weighted by Gasteiger charge is -2.06. The van der Waals surface area contributed by atoms with Crippen LogP contribution in [-0.2, 0) is 9.47 Å². The zero-order chi connectivity index (χ0) is 26.2. The van der Waals surface area contributed by atoms with Crippen molar-refractivity contribution in [3.05, 3.63) is 24.3 Å². The Kier molecular flexibility index (Phi) is 30.7. The Morgan fingerprint density at radius 3 is 1.11 bits per heavy atom. The molecule has 0 saturated carbocycles. The van der Waals surface area contributed by atoms with Crippen LogP contribution < -0.4 is 0 Å². The van der Waals surface area contributed by atoms with Crippen molar-refractivity contribution in [1.29, 1.82) is 0 Å². The maximum absolute atomic E-state index is 11.6. The number of unbranched alkanes of at least 4 members (excludes halogenated alkanes) is 20. The summed E-state index contributed by atoms with van der Waals surface area (Å²) in [5.74, 6) is 0. The number of allylic oxidation sites excluding steroid dienone is 4. The van der Waals surface area contributed by atoms with Crippen molar-refractivity contribution in [1.82, 2.24) is 0 Å². The standard InChI is InChI=1S/C33H62O3/c1-3-5-7-9-11-13-15-17-18-19-20-22-24-26-28-30-32-36-33(34)35-31-29-27-25-23-21-16-14-12-10-8-6-4-2/h10,12,17-18H,3-9,11,13-16,19-32H2,1-2H3/b12-10-,18-17-. The molecule has 0 rings (SSSR count). The van der Waals surface area contributed by atoms with Crippen LogP contribution in [0.2, 0.25) is 0 Å². The largest absolute Gasteiger partial charge is 0.508 e. The summed E-state index contributed by atoms with van der Waals surface area (Å²) < 4.78 is 10.4. The molecule has 0 bridgehead atoms. The molecule has 0 aromatic heterocycles. The number of hydrogen-bond acceptors (Lipinski definition) is 3. The fourth-order valence-electron chi connectivity index (χ4n) is 4.33. The van der Waals surface area contributed by atoms with E-state index in [9.17, 15) is 4.79 Å². The Bertz CT molecular complexity index is 483. The molecule has 0 aromatic carbocycles. The lowest BCUT2D eigenvalue weighted by atomic mass is 10.1. The first-order chi connectivity index (χ1) is 17.8. The third kappa shape index (κ3) is 30.8. The number of hydrogen-bond donors (Lipinski definition) is 0. The third-order valence-electron chi connectivity index (χ3n) is 6.75. The van der Waals surface area contributed by atoms with E-state index in [0.717, 1.165) is 25.7 Å². The van der Waals surface area contributed by atoms with Gasteiger partial charge in [-0.1, -0.05) is 134 Å². The van der Waals surface area contributed by atoms with Crippen LogP contribution in [0.1, 0.15) is 168 Å². The van der Waals surface area contributed by atoms with Gasteiger partial charge < -0.3 is 9.47 Å². The second-order valence-corrected chi connectivity index (χ2v) is 10.4. The highest BCUT2D eigenvalue weighted by Gasteiger charge is 2.03. The smallest absolute Gasteiger partial charge is 0.434 e. The average molecular weight is 507 g/mol. The lowest BCUT2D eigenvalue weighted by Crippen LogP contribution is -2.09. The Hall–Kier alpha value is -1.25. The van der Waals surface area contributed by atoms with Crippen molar-refractivity contribution in [3.63, 3.8) is 0 Å². The van der Waals surface area contributed by atoms with Crippen LogP contribution in [0.5, 0.6) is 0 Å². The van der Waals surface area contributed by atoms with Gasteiger partial charge in [0.25, 0.3) is 0 Å². The maximum atomic E-state index is 11.6. The third-order valence-corrected chi connectivity index (χ3v) is 6.75. The zero-order valence-electron chi connectivity index (χ0n) is 24.4. The Morgan fingerprint density at radius 2 is 0.722 bits per heavy atom. The fourth-order valence-corrected chi connectivity index (χ4v) is 4.33. The van der Waals surface area contributed by atoms with Crippen molar-refractivity contribution >= 4 is 6.16 Å². The average Bonchev–Trinajstić information content (AvgIpc) is 2.88. The first-order valence-corrected chi connectivity index (χ1v) is 15.9. The van der Waals surface area contributed by atoms with Gasteiger partial charge >= 0.3 is 6.16 Å². The first kappa shape index (κ1) is 34.8. The maximum Gasteiger partial charge on any atom is 0.508 e. The molecule has 0 N–H and O–H groups in total. The molecule has 0 aliphatic rings. The van der Waals surface area contributed by atoms with E-state index >= 15 is 0 Å². The molecule has 3 heteroatoms. The van der Waals surface area contributed by atoms with E-state index in [-0.39, 0.29) is 0 Å².